The molecule has 0 radical (unpaired) electrons. The Morgan fingerprint density at radius 2 is 1.79 bits per heavy atom. The minimum absolute atomic E-state index is 0.0368. The van der Waals surface area contributed by atoms with Crippen LogP contribution >= 0.6 is 0 Å². The van der Waals surface area contributed by atoms with E-state index >= 15 is 0 Å². The summed E-state index contributed by atoms with van der Waals surface area (Å²) in [5.74, 6) is 0.943. The van der Waals surface area contributed by atoms with Crippen LogP contribution in [0.1, 0.15) is 79.6 Å². The molecule has 0 bridgehead atoms. The molecule has 0 saturated heterocycles. The number of hydrogen-bond acceptors (Lipinski definition) is 2. The molecule has 1 saturated carbocycles. The van der Waals surface area contributed by atoms with Crippen LogP contribution in [0.25, 0.3) is 0 Å². The normalized spacial score (nSPS) is 22.0. The third-order valence-corrected chi connectivity index (χ3v) is 5.04. The lowest BCUT2D eigenvalue weighted by Crippen LogP contribution is -2.39. The maximum atomic E-state index is 12.6. The van der Waals surface area contributed by atoms with Gasteiger partial charge in [0.05, 0.1) is 5.41 Å². The molecule has 19 heavy (non-hydrogen) atoms. The minimum Gasteiger partial charge on any atom is -0.462 e. The zero-order chi connectivity index (χ0) is 14.5. The van der Waals surface area contributed by atoms with Gasteiger partial charge in [-0.15, -0.1) is 0 Å². The molecular weight excluding hydrogens is 236 g/mol. The van der Waals surface area contributed by atoms with E-state index in [1.165, 1.54) is 19.3 Å². The average Bonchev–Trinajstić information content (AvgIpc) is 2.39. The van der Waals surface area contributed by atoms with Crippen LogP contribution in [-0.2, 0) is 9.53 Å². The first-order chi connectivity index (χ1) is 8.90. The van der Waals surface area contributed by atoms with Gasteiger partial charge in [0, 0.05) is 0 Å². The zero-order valence-corrected chi connectivity index (χ0v) is 13.5. The van der Waals surface area contributed by atoms with Crippen LogP contribution in [0.5, 0.6) is 0 Å². The Balaban J connectivity index is 2.65. The van der Waals surface area contributed by atoms with Crippen molar-refractivity contribution in [2.45, 2.75) is 85.7 Å². The Morgan fingerprint density at radius 3 is 2.26 bits per heavy atom. The van der Waals surface area contributed by atoms with Crippen LogP contribution < -0.4 is 0 Å². The van der Waals surface area contributed by atoms with Crippen LogP contribution in [0.4, 0.5) is 0 Å². The van der Waals surface area contributed by atoms with Crippen molar-refractivity contribution in [2.75, 3.05) is 0 Å². The highest BCUT2D eigenvalue weighted by atomic mass is 16.5. The molecule has 0 aliphatic heterocycles. The molecule has 2 nitrogen and oxygen atoms in total. The van der Waals surface area contributed by atoms with E-state index < -0.39 is 0 Å². The molecule has 2 heteroatoms. The van der Waals surface area contributed by atoms with Crippen molar-refractivity contribution in [3.8, 4) is 0 Å². The predicted octanol–water partition coefficient (Wildman–Crippen LogP) is 4.96. The van der Waals surface area contributed by atoms with Crippen molar-refractivity contribution in [3.05, 3.63) is 0 Å². The highest BCUT2D eigenvalue weighted by Gasteiger charge is 2.40. The molecule has 0 spiro atoms. The van der Waals surface area contributed by atoms with Crippen molar-refractivity contribution in [1.82, 2.24) is 0 Å². The first-order valence-corrected chi connectivity index (χ1v) is 8.11. The van der Waals surface area contributed by atoms with E-state index in [-0.39, 0.29) is 17.5 Å². The van der Waals surface area contributed by atoms with Crippen LogP contribution in [0.2, 0.25) is 0 Å². The van der Waals surface area contributed by atoms with Gasteiger partial charge in [0.25, 0.3) is 0 Å². The molecule has 2 unspecified atom stereocenters. The SMILES string of the molecule is CCC(C)CC(C)(C(=O)OC1CCCCC1)C(C)C. The summed E-state index contributed by atoms with van der Waals surface area (Å²) in [7, 11) is 0. The molecule has 112 valence electrons. The van der Waals surface area contributed by atoms with Gasteiger partial charge in [-0.1, -0.05) is 40.5 Å². The Hall–Kier alpha value is -0.530. The largest absolute Gasteiger partial charge is 0.462 e. The summed E-state index contributed by atoms with van der Waals surface area (Å²) in [5.41, 5.74) is -0.327. The fourth-order valence-electron chi connectivity index (χ4n) is 2.89. The van der Waals surface area contributed by atoms with E-state index in [2.05, 4.69) is 34.6 Å². The van der Waals surface area contributed by atoms with Gasteiger partial charge in [0.2, 0.25) is 0 Å². The smallest absolute Gasteiger partial charge is 0.312 e. The molecule has 1 fully saturated rings. The Morgan fingerprint density at radius 1 is 1.21 bits per heavy atom. The summed E-state index contributed by atoms with van der Waals surface area (Å²) in [6.07, 6.45) is 8.07. The molecule has 1 rings (SSSR count). The second-order valence-corrected chi connectivity index (χ2v) is 6.96. The van der Waals surface area contributed by atoms with Gasteiger partial charge in [-0.05, 0) is 50.9 Å². The van der Waals surface area contributed by atoms with Crippen LogP contribution in [-0.4, -0.2) is 12.1 Å². The van der Waals surface area contributed by atoms with E-state index in [1.54, 1.807) is 0 Å². The van der Waals surface area contributed by atoms with Crippen LogP contribution in [0.3, 0.4) is 0 Å². The summed E-state index contributed by atoms with van der Waals surface area (Å²) in [6, 6.07) is 0. The molecule has 0 amide bonds. The van der Waals surface area contributed by atoms with Gasteiger partial charge in [0.15, 0.2) is 0 Å². The molecule has 0 N–H and O–H groups in total. The second kappa shape index (κ2) is 7.31. The standard InChI is InChI=1S/C17H32O2/c1-6-14(4)12-17(5,13(2)3)16(18)19-15-10-8-7-9-11-15/h13-15H,6-12H2,1-5H3. The Kier molecular flexibility index (Phi) is 6.35. The highest BCUT2D eigenvalue weighted by molar-refractivity contribution is 5.77. The molecule has 0 aromatic carbocycles. The molecular formula is C17H32O2. The number of carbonyl (C=O) groups is 1. The van der Waals surface area contributed by atoms with E-state index in [9.17, 15) is 4.79 Å². The second-order valence-electron chi connectivity index (χ2n) is 6.96. The number of hydrogen-bond donors (Lipinski definition) is 0. The number of ether oxygens (including phenoxy) is 1. The van der Waals surface area contributed by atoms with Crippen molar-refractivity contribution < 1.29 is 9.53 Å². The topological polar surface area (TPSA) is 26.3 Å². The summed E-state index contributed by atoms with van der Waals surface area (Å²) < 4.78 is 5.82. The monoisotopic (exact) mass is 268 g/mol. The lowest BCUT2D eigenvalue weighted by molar-refractivity contribution is -0.166. The van der Waals surface area contributed by atoms with Crippen molar-refractivity contribution in [1.29, 1.82) is 0 Å². The van der Waals surface area contributed by atoms with Crippen LogP contribution in [0, 0.1) is 17.3 Å². The summed E-state index contributed by atoms with van der Waals surface area (Å²) >= 11 is 0. The van der Waals surface area contributed by atoms with Gasteiger partial charge in [0.1, 0.15) is 6.10 Å². The van der Waals surface area contributed by atoms with Gasteiger partial charge in [-0.25, -0.2) is 0 Å². The first-order valence-electron chi connectivity index (χ1n) is 8.11. The molecule has 0 heterocycles. The average molecular weight is 268 g/mol. The molecule has 0 aromatic rings. The number of esters is 1. The zero-order valence-electron chi connectivity index (χ0n) is 13.5. The Labute approximate surface area is 119 Å². The van der Waals surface area contributed by atoms with Crippen molar-refractivity contribution in [3.63, 3.8) is 0 Å². The first kappa shape index (κ1) is 16.5. The fraction of sp³-hybridized carbons (Fsp3) is 0.941. The summed E-state index contributed by atoms with van der Waals surface area (Å²) in [4.78, 5) is 12.6. The van der Waals surface area contributed by atoms with Gasteiger partial charge >= 0.3 is 5.97 Å². The maximum Gasteiger partial charge on any atom is 0.312 e. The number of rotatable bonds is 6. The molecule has 0 aromatic heterocycles. The number of carbonyl (C=O) groups excluding carboxylic acids is 1. The lowest BCUT2D eigenvalue weighted by atomic mass is 9.72. The predicted molar refractivity (Wildman–Crippen MR) is 80.0 cm³/mol. The summed E-state index contributed by atoms with van der Waals surface area (Å²) in [6.45, 7) is 10.8. The van der Waals surface area contributed by atoms with Crippen molar-refractivity contribution >= 4 is 5.97 Å². The lowest BCUT2D eigenvalue weighted by Gasteiger charge is -2.35. The fourth-order valence-corrected chi connectivity index (χ4v) is 2.89. The van der Waals surface area contributed by atoms with E-state index in [0.29, 0.717) is 11.8 Å². The van der Waals surface area contributed by atoms with Gasteiger partial charge in [-0.3, -0.25) is 4.79 Å². The van der Waals surface area contributed by atoms with E-state index in [0.717, 1.165) is 25.7 Å². The van der Waals surface area contributed by atoms with Gasteiger partial charge in [-0.2, -0.15) is 0 Å². The summed E-state index contributed by atoms with van der Waals surface area (Å²) in [5, 5.41) is 0. The molecule has 1 aliphatic carbocycles. The minimum atomic E-state index is -0.327. The third-order valence-electron chi connectivity index (χ3n) is 5.04. The molecule has 1 aliphatic rings. The van der Waals surface area contributed by atoms with E-state index in [4.69, 9.17) is 4.74 Å². The third kappa shape index (κ3) is 4.50. The van der Waals surface area contributed by atoms with Crippen molar-refractivity contribution in [2.24, 2.45) is 17.3 Å². The van der Waals surface area contributed by atoms with Crippen LogP contribution in [0.15, 0.2) is 0 Å². The van der Waals surface area contributed by atoms with E-state index in [1.807, 2.05) is 0 Å². The van der Waals surface area contributed by atoms with Gasteiger partial charge < -0.3 is 4.74 Å². The maximum absolute atomic E-state index is 12.6. The highest BCUT2D eigenvalue weighted by Crippen LogP contribution is 2.37. The Bertz CT molecular complexity index is 279. The molecule has 2 atom stereocenters. The quantitative estimate of drug-likeness (QED) is 0.636.